The van der Waals surface area contributed by atoms with Gasteiger partial charge in [-0.05, 0) is 60.5 Å². The molecule has 0 aliphatic carbocycles. The number of rotatable bonds is 11. The molecule has 0 radical (unpaired) electrons. The second-order valence-corrected chi connectivity index (χ2v) is 12.6. The van der Waals surface area contributed by atoms with Crippen LogP contribution in [0.25, 0.3) is 32.8 Å². The van der Waals surface area contributed by atoms with Crippen molar-refractivity contribution in [2.75, 3.05) is 45.9 Å². The Hall–Kier alpha value is -3.67. The number of ether oxygens (including phenoxy) is 2. The quantitative estimate of drug-likeness (QED) is 0.151. The predicted molar refractivity (Wildman–Crippen MR) is 188 cm³/mol. The molecule has 1 saturated heterocycles. The molecule has 2 aromatic heterocycles. The highest BCUT2D eigenvalue weighted by molar-refractivity contribution is 6.35. The Morgan fingerprint density at radius 2 is 1.90 bits per heavy atom. The summed E-state index contributed by atoms with van der Waals surface area (Å²) in [7, 11) is 0. The number of aromatic nitrogens is 3. The lowest BCUT2D eigenvalue weighted by Gasteiger charge is -2.27. The number of carboxylic acid groups (broad SMARTS) is 1. The van der Waals surface area contributed by atoms with E-state index in [1.807, 2.05) is 39.6 Å². The predicted octanol–water partition coefficient (Wildman–Crippen LogP) is 6.58. The van der Waals surface area contributed by atoms with Gasteiger partial charge in [0.25, 0.3) is 0 Å². The second-order valence-electron chi connectivity index (χ2n) is 12.2. The minimum Gasteiger partial charge on any atom is -0.493 e. The molecular weight excluding hydrogens is 656 g/mol. The summed E-state index contributed by atoms with van der Waals surface area (Å²) in [6.07, 6.45) is 1.79. The van der Waals surface area contributed by atoms with Crippen LogP contribution in [0.1, 0.15) is 40.8 Å². The maximum absolute atomic E-state index is 13.8. The monoisotopic (exact) mass is 695 g/mol. The van der Waals surface area contributed by atoms with Crippen molar-refractivity contribution >= 4 is 51.7 Å². The molecule has 2 aliphatic rings. The van der Waals surface area contributed by atoms with Crippen LogP contribution in [0.2, 0.25) is 5.02 Å². The molecule has 0 spiro atoms. The molecule has 0 bridgehead atoms. The first-order valence-electron chi connectivity index (χ1n) is 16.4. The number of aromatic carboxylic acids is 1. The first-order valence-corrected chi connectivity index (χ1v) is 16.8. The van der Waals surface area contributed by atoms with Gasteiger partial charge in [0.05, 0.1) is 48.3 Å². The van der Waals surface area contributed by atoms with Crippen LogP contribution < -0.4 is 10.1 Å². The van der Waals surface area contributed by atoms with Crippen LogP contribution in [-0.4, -0.2) is 76.3 Å². The van der Waals surface area contributed by atoms with Crippen molar-refractivity contribution in [1.82, 2.24) is 24.6 Å². The van der Waals surface area contributed by atoms with Crippen LogP contribution in [0.5, 0.6) is 5.75 Å². The largest absolute Gasteiger partial charge is 0.493 e. The van der Waals surface area contributed by atoms with Crippen molar-refractivity contribution < 1.29 is 23.8 Å². The van der Waals surface area contributed by atoms with Gasteiger partial charge in [-0.1, -0.05) is 36.7 Å². The first kappa shape index (κ1) is 34.2. The summed E-state index contributed by atoms with van der Waals surface area (Å²) in [5.74, 6) is -0.584. The number of benzene rings is 3. The van der Waals surface area contributed by atoms with E-state index in [4.69, 9.17) is 26.2 Å². The third-order valence-electron chi connectivity index (χ3n) is 9.36. The second kappa shape index (κ2) is 14.8. The van der Waals surface area contributed by atoms with Gasteiger partial charge in [0, 0.05) is 61.2 Å². The van der Waals surface area contributed by atoms with Gasteiger partial charge >= 0.3 is 5.97 Å². The molecule has 7 rings (SSSR count). The molecule has 12 heteroatoms. The Labute approximate surface area is 290 Å². The van der Waals surface area contributed by atoms with Crippen LogP contribution in [0.15, 0.2) is 48.5 Å². The molecule has 4 heterocycles. The Kier molecular flexibility index (Phi) is 10.6. The smallest absolute Gasteiger partial charge is 0.352 e. The molecule has 5 aromatic rings. The van der Waals surface area contributed by atoms with Crippen molar-refractivity contribution in [2.45, 2.75) is 45.9 Å². The SMILES string of the molecule is CCc1nn2c(c1-c1c(Cl)ccc3c(CCCOc4cccc5cc(F)ccc45)c(C(=O)O)n(CCN4CCNCC4)c13)COCC2.Cl. The molecule has 2 aliphatic heterocycles. The van der Waals surface area contributed by atoms with E-state index in [1.165, 1.54) is 12.1 Å². The van der Waals surface area contributed by atoms with E-state index in [-0.39, 0.29) is 23.9 Å². The van der Waals surface area contributed by atoms with Crippen LogP contribution >= 0.6 is 24.0 Å². The lowest BCUT2D eigenvalue weighted by atomic mass is 9.97. The van der Waals surface area contributed by atoms with Crippen LogP contribution in [0.3, 0.4) is 0 Å². The zero-order valence-corrected chi connectivity index (χ0v) is 28.5. The number of carboxylic acids is 1. The third-order valence-corrected chi connectivity index (χ3v) is 9.68. The Morgan fingerprint density at radius 1 is 1.08 bits per heavy atom. The van der Waals surface area contributed by atoms with Crippen molar-refractivity contribution in [2.24, 2.45) is 0 Å². The van der Waals surface area contributed by atoms with Gasteiger partial charge in [-0.2, -0.15) is 5.10 Å². The summed E-state index contributed by atoms with van der Waals surface area (Å²) < 4.78 is 29.9. The fraction of sp³-hybridized carbons (Fsp3) is 0.389. The molecule has 0 atom stereocenters. The number of carbonyl (C=O) groups is 1. The molecule has 0 amide bonds. The normalized spacial score (nSPS) is 15.1. The van der Waals surface area contributed by atoms with E-state index in [0.29, 0.717) is 62.9 Å². The first-order chi connectivity index (χ1) is 22.9. The van der Waals surface area contributed by atoms with Gasteiger partial charge in [-0.15, -0.1) is 12.4 Å². The molecule has 1 fully saturated rings. The van der Waals surface area contributed by atoms with E-state index in [9.17, 15) is 14.3 Å². The molecule has 0 unspecified atom stereocenters. The minimum absolute atomic E-state index is 0. The summed E-state index contributed by atoms with van der Waals surface area (Å²) in [4.78, 5) is 15.5. The van der Waals surface area contributed by atoms with Gasteiger partial charge in [0.2, 0.25) is 0 Å². The van der Waals surface area contributed by atoms with Gasteiger partial charge in [-0.3, -0.25) is 9.58 Å². The fourth-order valence-electron chi connectivity index (χ4n) is 7.15. The highest BCUT2D eigenvalue weighted by Gasteiger charge is 2.30. The van der Waals surface area contributed by atoms with E-state index in [1.54, 1.807) is 6.07 Å². The highest BCUT2D eigenvalue weighted by atomic mass is 35.5. The van der Waals surface area contributed by atoms with E-state index in [2.05, 4.69) is 17.1 Å². The topological polar surface area (TPSA) is 93.8 Å². The molecule has 2 N–H and O–H groups in total. The lowest BCUT2D eigenvalue weighted by Crippen LogP contribution is -2.44. The number of aryl methyl sites for hydroxylation is 2. The van der Waals surface area contributed by atoms with Gasteiger partial charge < -0.3 is 24.5 Å². The molecule has 254 valence electrons. The minimum atomic E-state index is -0.966. The van der Waals surface area contributed by atoms with E-state index >= 15 is 0 Å². The lowest BCUT2D eigenvalue weighted by molar-refractivity contribution is 0.0683. The van der Waals surface area contributed by atoms with Crippen LogP contribution in [-0.2, 0) is 37.3 Å². The van der Waals surface area contributed by atoms with Crippen molar-refractivity contribution in [3.8, 4) is 16.9 Å². The molecule has 9 nitrogen and oxygen atoms in total. The number of hydrogen-bond donors (Lipinski definition) is 2. The maximum Gasteiger partial charge on any atom is 0.352 e. The third kappa shape index (κ3) is 6.52. The number of hydrogen-bond acceptors (Lipinski definition) is 6. The maximum atomic E-state index is 13.8. The standard InChI is InChI=1S/C36H39ClFN5O4.ClH/c1-2-29-33(30-22-46-20-18-43(30)40-29)32-28(37)11-10-27-26(6-4-19-47-31-7-3-5-23-21-24(38)8-9-25(23)31)35(36(44)45)42(34(27)32)17-16-41-14-12-39-13-15-41;/h3,5,7-11,21,39H,2,4,6,12-20,22H2,1H3,(H,44,45);1H. The molecule has 0 saturated carbocycles. The average Bonchev–Trinajstić information content (AvgIpc) is 3.61. The van der Waals surface area contributed by atoms with E-state index in [0.717, 1.165) is 82.5 Å². The number of nitrogens with one attached hydrogen (secondary N) is 1. The average molecular weight is 697 g/mol. The van der Waals surface area contributed by atoms with E-state index < -0.39 is 5.97 Å². The Balaban J connectivity index is 0.00000401. The highest BCUT2D eigenvalue weighted by Crippen LogP contribution is 2.43. The summed E-state index contributed by atoms with van der Waals surface area (Å²) in [5, 5.41) is 22.1. The summed E-state index contributed by atoms with van der Waals surface area (Å²) in [6, 6.07) is 14.1. The zero-order chi connectivity index (χ0) is 32.5. The Morgan fingerprint density at radius 3 is 2.69 bits per heavy atom. The summed E-state index contributed by atoms with van der Waals surface area (Å²) in [5.41, 5.74) is 5.55. The summed E-state index contributed by atoms with van der Waals surface area (Å²) in [6.45, 7) is 9.01. The van der Waals surface area contributed by atoms with Gasteiger partial charge in [-0.25, -0.2) is 9.18 Å². The summed E-state index contributed by atoms with van der Waals surface area (Å²) >= 11 is 7.08. The number of piperazine rings is 1. The molecular formula is C36H40Cl2FN5O4. The van der Waals surface area contributed by atoms with Gasteiger partial charge in [0.1, 0.15) is 17.3 Å². The van der Waals surface area contributed by atoms with Crippen molar-refractivity contribution in [3.05, 3.63) is 82.0 Å². The molecule has 48 heavy (non-hydrogen) atoms. The van der Waals surface area contributed by atoms with Crippen LogP contribution in [0.4, 0.5) is 4.39 Å². The fourth-order valence-corrected chi connectivity index (χ4v) is 7.40. The molecule has 3 aromatic carbocycles. The van der Waals surface area contributed by atoms with Crippen molar-refractivity contribution in [3.63, 3.8) is 0 Å². The van der Waals surface area contributed by atoms with Gasteiger partial charge in [0.15, 0.2) is 0 Å². The van der Waals surface area contributed by atoms with Crippen LogP contribution in [0, 0.1) is 5.82 Å². The van der Waals surface area contributed by atoms with Crippen molar-refractivity contribution in [1.29, 1.82) is 0 Å². The number of nitrogens with zero attached hydrogens (tertiary/aromatic N) is 4. The zero-order valence-electron chi connectivity index (χ0n) is 26.9. The number of fused-ring (bicyclic) bond motifs is 3. The Bertz CT molecular complexity index is 1950. The number of halogens is 3.